The summed E-state index contributed by atoms with van der Waals surface area (Å²) < 4.78 is 1.41. The average molecular weight is 281 g/mol. The number of carbonyl (C=O) groups is 1. The second kappa shape index (κ2) is 4.62. The number of rotatable bonds is 2. The van der Waals surface area contributed by atoms with E-state index in [-0.39, 0.29) is 11.0 Å². The van der Waals surface area contributed by atoms with E-state index in [1.807, 2.05) is 20.8 Å². The van der Waals surface area contributed by atoms with Gasteiger partial charge in [0.05, 0.1) is 11.3 Å². The third-order valence-electron chi connectivity index (χ3n) is 2.56. The Labute approximate surface area is 115 Å². The van der Waals surface area contributed by atoms with Gasteiger partial charge in [-0.2, -0.15) is 4.68 Å². The van der Waals surface area contributed by atoms with Gasteiger partial charge in [-0.3, -0.25) is 0 Å². The van der Waals surface area contributed by atoms with Gasteiger partial charge in [-0.05, 0) is 28.6 Å². The Morgan fingerprint density at radius 1 is 1.37 bits per heavy atom. The van der Waals surface area contributed by atoms with Gasteiger partial charge in [0, 0.05) is 10.4 Å². The van der Waals surface area contributed by atoms with Gasteiger partial charge < -0.3 is 5.11 Å². The van der Waals surface area contributed by atoms with Crippen molar-refractivity contribution < 1.29 is 9.90 Å². The molecule has 6 nitrogen and oxygen atoms in total. The summed E-state index contributed by atoms with van der Waals surface area (Å²) in [5.74, 6) is -0.487. The van der Waals surface area contributed by atoms with E-state index in [2.05, 4.69) is 15.5 Å². The fourth-order valence-electron chi connectivity index (χ4n) is 1.68. The molecule has 0 bridgehead atoms. The second-order valence-electron chi connectivity index (χ2n) is 5.13. The van der Waals surface area contributed by atoms with E-state index in [1.165, 1.54) is 22.9 Å². The highest BCUT2D eigenvalue weighted by atomic mass is 35.5. The van der Waals surface area contributed by atoms with Crippen LogP contribution in [0.15, 0.2) is 18.2 Å². The minimum Gasteiger partial charge on any atom is -0.478 e. The van der Waals surface area contributed by atoms with Gasteiger partial charge in [0.1, 0.15) is 0 Å². The van der Waals surface area contributed by atoms with E-state index in [1.54, 1.807) is 0 Å². The summed E-state index contributed by atoms with van der Waals surface area (Å²) in [6.07, 6.45) is 0. The number of aromatic nitrogens is 4. The van der Waals surface area contributed by atoms with E-state index in [0.29, 0.717) is 16.5 Å². The molecular formula is C12H13ClN4O2. The molecule has 19 heavy (non-hydrogen) atoms. The molecule has 0 atom stereocenters. The Kier molecular flexibility index (Phi) is 3.28. The molecule has 0 radical (unpaired) electrons. The van der Waals surface area contributed by atoms with Crippen LogP contribution in [-0.4, -0.2) is 31.3 Å². The van der Waals surface area contributed by atoms with Gasteiger partial charge >= 0.3 is 5.97 Å². The van der Waals surface area contributed by atoms with Crippen molar-refractivity contribution in [3.63, 3.8) is 0 Å². The summed E-state index contributed by atoms with van der Waals surface area (Å²) in [6, 6.07) is 4.50. The van der Waals surface area contributed by atoms with Crippen LogP contribution in [0.25, 0.3) is 5.69 Å². The highest BCUT2D eigenvalue weighted by Gasteiger charge is 2.25. The van der Waals surface area contributed by atoms with Crippen molar-refractivity contribution in [1.82, 2.24) is 20.2 Å². The second-order valence-corrected chi connectivity index (χ2v) is 5.57. The van der Waals surface area contributed by atoms with Gasteiger partial charge in [-0.15, -0.1) is 5.10 Å². The highest BCUT2D eigenvalue weighted by Crippen LogP contribution is 2.25. The largest absolute Gasteiger partial charge is 0.478 e. The molecule has 100 valence electrons. The highest BCUT2D eigenvalue weighted by molar-refractivity contribution is 6.30. The maximum absolute atomic E-state index is 11.3. The fourth-order valence-corrected chi connectivity index (χ4v) is 1.84. The zero-order valence-electron chi connectivity index (χ0n) is 10.8. The first-order chi connectivity index (χ1) is 8.80. The smallest absolute Gasteiger partial charge is 0.337 e. The molecule has 0 saturated heterocycles. The standard InChI is InChI=1S/C12H13ClN4O2/c1-12(2,3)11-14-15-16-17(11)9-6-7(13)4-5-8(9)10(18)19/h4-6H,1-3H3,(H,18,19). The topological polar surface area (TPSA) is 80.9 Å². The molecule has 1 N–H and O–H groups in total. The van der Waals surface area contributed by atoms with Gasteiger partial charge in [-0.25, -0.2) is 4.79 Å². The van der Waals surface area contributed by atoms with Gasteiger partial charge in [0.15, 0.2) is 5.82 Å². The van der Waals surface area contributed by atoms with Crippen LogP contribution in [0.4, 0.5) is 0 Å². The number of benzene rings is 1. The summed E-state index contributed by atoms with van der Waals surface area (Å²) in [5.41, 5.74) is 0.138. The van der Waals surface area contributed by atoms with Crippen LogP contribution < -0.4 is 0 Å². The number of hydrogen-bond donors (Lipinski definition) is 1. The van der Waals surface area contributed by atoms with Crippen molar-refractivity contribution in [2.45, 2.75) is 26.2 Å². The average Bonchev–Trinajstić information content (AvgIpc) is 2.76. The van der Waals surface area contributed by atoms with E-state index in [0.717, 1.165) is 0 Å². The van der Waals surface area contributed by atoms with Crippen molar-refractivity contribution in [1.29, 1.82) is 0 Å². The Morgan fingerprint density at radius 2 is 2.05 bits per heavy atom. The van der Waals surface area contributed by atoms with Crippen molar-refractivity contribution in [2.75, 3.05) is 0 Å². The summed E-state index contributed by atoms with van der Waals surface area (Å²) in [5, 5.41) is 21.1. The maximum atomic E-state index is 11.3. The van der Waals surface area contributed by atoms with E-state index >= 15 is 0 Å². The molecule has 1 aromatic carbocycles. The zero-order chi connectivity index (χ0) is 14.2. The number of tetrazole rings is 1. The monoisotopic (exact) mass is 280 g/mol. The van der Waals surface area contributed by atoms with Crippen molar-refractivity contribution in [3.05, 3.63) is 34.6 Å². The molecule has 0 fully saturated rings. The lowest BCUT2D eigenvalue weighted by Crippen LogP contribution is -2.20. The number of halogens is 1. The lowest BCUT2D eigenvalue weighted by molar-refractivity contribution is 0.0696. The van der Waals surface area contributed by atoms with Crippen LogP contribution >= 0.6 is 11.6 Å². The quantitative estimate of drug-likeness (QED) is 0.913. The predicted octanol–water partition coefficient (Wildman–Crippen LogP) is 2.31. The third kappa shape index (κ3) is 2.58. The molecule has 0 saturated carbocycles. The summed E-state index contributed by atoms with van der Waals surface area (Å²) >= 11 is 5.93. The molecule has 1 aromatic heterocycles. The van der Waals surface area contributed by atoms with E-state index in [4.69, 9.17) is 11.6 Å². The number of carboxylic acids is 1. The molecule has 0 aliphatic carbocycles. The summed E-state index contributed by atoms with van der Waals surface area (Å²) in [4.78, 5) is 11.3. The Bertz CT molecular complexity index is 631. The van der Waals surface area contributed by atoms with E-state index in [9.17, 15) is 9.90 Å². The molecule has 0 amide bonds. The molecular weight excluding hydrogens is 268 g/mol. The molecule has 7 heteroatoms. The van der Waals surface area contributed by atoms with Gasteiger partial charge in [-0.1, -0.05) is 32.4 Å². The minimum absolute atomic E-state index is 0.0993. The predicted molar refractivity (Wildman–Crippen MR) is 69.8 cm³/mol. The lowest BCUT2D eigenvalue weighted by atomic mass is 9.95. The molecule has 0 spiro atoms. The zero-order valence-corrected chi connectivity index (χ0v) is 11.5. The Balaban J connectivity index is 2.69. The first-order valence-electron chi connectivity index (χ1n) is 5.63. The van der Waals surface area contributed by atoms with Crippen LogP contribution in [-0.2, 0) is 5.41 Å². The van der Waals surface area contributed by atoms with Crippen LogP contribution in [0.5, 0.6) is 0 Å². The van der Waals surface area contributed by atoms with Crippen LogP contribution in [0.1, 0.15) is 37.0 Å². The first kappa shape index (κ1) is 13.5. The molecule has 0 aliphatic rings. The minimum atomic E-state index is -1.05. The Hall–Kier alpha value is -1.95. The first-order valence-corrected chi connectivity index (χ1v) is 6.00. The number of hydrogen-bond acceptors (Lipinski definition) is 4. The normalized spacial score (nSPS) is 11.6. The fraction of sp³-hybridized carbons (Fsp3) is 0.333. The molecule has 0 unspecified atom stereocenters. The summed E-state index contributed by atoms with van der Waals surface area (Å²) in [7, 11) is 0. The van der Waals surface area contributed by atoms with Crippen LogP contribution in [0.2, 0.25) is 5.02 Å². The lowest BCUT2D eigenvalue weighted by Gasteiger charge is -2.18. The molecule has 1 heterocycles. The SMILES string of the molecule is CC(C)(C)c1nnnn1-c1cc(Cl)ccc1C(=O)O. The van der Waals surface area contributed by atoms with Gasteiger partial charge in [0.2, 0.25) is 0 Å². The van der Waals surface area contributed by atoms with Gasteiger partial charge in [0.25, 0.3) is 0 Å². The third-order valence-corrected chi connectivity index (χ3v) is 2.79. The van der Waals surface area contributed by atoms with Crippen molar-refractivity contribution >= 4 is 17.6 Å². The molecule has 0 aliphatic heterocycles. The number of carboxylic acid groups (broad SMARTS) is 1. The van der Waals surface area contributed by atoms with Crippen molar-refractivity contribution in [2.24, 2.45) is 0 Å². The number of aromatic carboxylic acids is 1. The van der Waals surface area contributed by atoms with Crippen LogP contribution in [0, 0.1) is 0 Å². The van der Waals surface area contributed by atoms with E-state index < -0.39 is 5.97 Å². The van der Waals surface area contributed by atoms with Crippen molar-refractivity contribution in [3.8, 4) is 5.69 Å². The maximum Gasteiger partial charge on any atom is 0.337 e. The Morgan fingerprint density at radius 3 is 2.63 bits per heavy atom. The van der Waals surface area contributed by atoms with Crippen LogP contribution in [0.3, 0.4) is 0 Å². The molecule has 2 aromatic rings. The molecule has 2 rings (SSSR count). The number of nitrogens with zero attached hydrogens (tertiary/aromatic N) is 4. The summed E-state index contributed by atoms with van der Waals surface area (Å²) in [6.45, 7) is 5.83.